The minimum atomic E-state index is 0.784. The third kappa shape index (κ3) is 4.07. The van der Waals surface area contributed by atoms with Gasteiger partial charge in [-0.05, 0) is 18.1 Å². The van der Waals surface area contributed by atoms with Crippen LogP contribution in [0.1, 0.15) is 13.8 Å². The topological polar surface area (TPSA) is 0 Å². The standard InChI is InChI=1S/C10H14S2/c1-9(2)8-11-12-10-6-4-3-5-7-10/h3-7,9H,8H2,1-2H3. The van der Waals surface area contributed by atoms with Crippen molar-refractivity contribution >= 4 is 21.6 Å². The zero-order valence-electron chi connectivity index (χ0n) is 7.49. The molecule has 0 amide bonds. The average Bonchev–Trinajstić information content (AvgIpc) is 2.05. The van der Waals surface area contributed by atoms with E-state index in [1.807, 2.05) is 21.6 Å². The fourth-order valence-electron chi connectivity index (χ4n) is 0.714. The van der Waals surface area contributed by atoms with Gasteiger partial charge in [0.2, 0.25) is 0 Å². The Balaban J connectivity index is 2.25. The number of rotatable bonds is 4. The van der Waals surface area contributed by atoms with Crippen LogP contribution in [-0.4, -0.2) is 5.75 Å². The van der Waals surface area contributed by atoms with Gasteiger partial charge in [-0.3, -0.25) is 0 Å². The lowest BCUT2D eigenvalue weighted by Crippen LogP contribution is -1.87. The van der Waals surface area contributed by atoms with Crippen molar-refractivity contribution in [2.24, 2.45) is 5.92 Å². The second kappa shape index (κ2) is 5.55. The van der Waals surface area contributed by atoms with E-state index < -0.39 is 0 Å². The molecular weight excluding hydrogens is 184 g/mol. The molecular formula is C10H14S2. The molecule has 0 atom stereocenters. The van der Waals surface area contributed by atoms with Crippen LogP contribution in [-0.2, 0) is 0 Å². The van der Waals surface area contributed by atoms with Gasteiger partial charge >= 0.3 is 0 Å². The van der Waals surface area contributed by atoms with Crippen LogP contribution >= 0.6 is 21.6 Å². The molecule has 0 aliphatic heterocycles. The summed E-state index contributed by atoms with van der Waals surface area (Å²) >= 11 is 0. The maximum Gasteiger partial charge on any atom is 0.0182 e. The van der Waals surface area contributed by atoms with E-state index in [0.29, 0.717) is 0 Å². The second-order valence-electron chi connectivity index (χ2n) is 3.07. The van der Waals surface area contributed by atoms with Crippen molar-refractivity contribution in [3.8, 4) is 0 Å². The van der Waals surface area contributed by atoms with E-state index >= 15 is 0 Å². The second-order valence-corrected chi connectivity index (χ2v) is 5.49. The van der Waals surface area contributed by atoms with Gasteiger partial charge in [0, 0.05) is 10.6 Å². The fourth-order valence-corrected chi connectivity index (χ4v) is 3.22. The average molecular weight is 198 g/mol. The Bertz CT molecular complexity index is 206. The van der Waals surface area contributed by atoms with Gasteiger partial charge in [0.05, 0.1) is 0 Å². The first-order chi connectivity index (χ1) is 5.79. The van der Waals surface area contributed by atoms with Gasteiger partial charge in [-0.2, -0.15) is 0 Å². The first-order valence-electron chi connectivity index (χ1n) is 4.13. The van der Waals surface area contributed by atoms with Gasteiger partial charge in [0.15, 0.2) is 0 Å². The summed E-state index contributed by atoms with van der Waals surface area (Å²) in [6, 6.07) is 10.5. The highest BCUT2D eigenvalue weighted by Crippen LogP contribution is 2.31. The molecule has 0 aliphatic rings. The molecule has 0 unspecified atom stereocenters. The molecule has 0 aromatic heterocycles. The molecule has 1 rings (SSSR count). The minimum absolute atomic E-state index is 0.784. The van der Waals surface area contributed by atoms with Crippen LogP contribution in [0.4, 0.5) is 0 Å². The maximum absolute atomic E-state index is 2.25. The summed E-state index contributed by atoms with van der Waals surface area (Å²) in [5, 5.41) is 0. The van der Waals surface area contributed by atoms with Gasteiger partial charge < -0.3 is 0 Å². The highest BCUT2D eigenvalue weighted by molar-refractivity contribution is 8.76. The van der Waals surface area contributed by atoms with Crippen LogP contribution in [0.5, 0.6) is 0 Å². The van der Waals surface area contributed by atoms with Gasteiger partial charge in [-0.25, -0.2) is 0 Å². The van der Waals surface area contributed by atoms with Gasteiger partial charge in [-0.1, -0.05) is 53.6 Å². The molecule has 0 radical (unpaired) electrons. The van der Waals surface area contributed by atoms with Crippen LogP contribution in [0.15, 0.2) is 35.2 Å². The summed E-state index contributed by atoms with van der Waals surface area (Å²) in [4.78, 5) is 1.35. The van der Waals surface area contributed by atoms with Crippen molar-refractivity contribution in [2.75, 3.05) is 5.75 Å². The van der Waals surface area contributed by atoms with E-state index in [0.717, 1.165) is 5.92 Å². The minimum Gasteiger partial charge on any atom is -0.0887 e. The molecule has 0 heterocycles. The van der Waals surface area contributed by atoms with Crippen molar-refractivity contribution in [1.29, 1.82) is 0 Å². The highest BCUT2D eigenvalue weighted by atomic mass is 33.1. The van der Waals surface area contributed by atoms with Crippen molar-refractivity contribution < 1.29 is 0 Å². The van der Waals surface area contributed by atoms with Crippen molar-refractivity contribution in [3.05, 3.63) is 30.3 Å². The Morgan fingerprint density at radius 1 is 1.17 bits per heavy atom. The molecule has 0 saturated carbocycles. The molecule has 0 saturated heterocycles. The summed E-state index contributed by atoms with van der Waals surface area (Å²) in [7, 11) is 3.80. The van der Waals surface area contributed by atoms with E-state index in [1.54, 1.807) is 0 Å². The summed E-state index contributed by atoms with van der Waals surface area (Å²) in [6.07, 6.45) is 0. The first-order valence-corrected chi connectivity index (χ1v) is 6.45. The highest BCUT2D eigenvalue weighted by Gasteiger charge is 1.95. The Kier molecular flexibility index (Phi) is 4.62. The monoisotopic (exact) mass is 198 g/mol. The SMILES string of the molecule is CC(C)CSSc1ccccc1. The Hall–Kier alpha value is -0.0800. The molecule has 1 aromatic carbocycles. The Morgan fingerprint density at radius 2 is 1.83 bits per heavy atom. The van der Waals surface area contributed by atoms with Gasteiger partial charge in [-0.15, -0.1) is 0 Å². The van der Waals surface area contributed by atoms with E-state index in [-0.39, 0.29) is 0 Å². The summed E-state index contributed by atoms with van der Waals surface area (Å²) in [5.41, 5.74) is 0. The Morgan fingerprint density at radius 3 is 2.42 bits per heavy atom. The van der Waals surface area contributed by atoms with Crippen LogP contribution in [0.3, 0.4) is 0 Å². The molecule has 0 nitrogen and oxygen atoms in total. The number of benzene rings is 1. The molecule has 12 heavy (non-hydrogen) atoms. The zero-order chi connectivity index (χ0) is 8.81. The zero-order valence-corrected chi connectivity index (χ0v) is 9.12. The first kappa shape index (κ1) is 10.0. The van der Waals surface area contributed by atoms with Crippen LogP contribution in [0.25, 0.3) is 0 Å². The summed E-state index contributed by atoms with van der Waals surface area (Å²) < 4.78 is 0. The van der Waals surface area contributed by atoms with Crippen LogP contribution in [0, 0.1) is 5.92 Å². The normalized spacial score (nSPS) is 10.6. The predicted octanol–water partition coefficient (Wildman–Crippen LogP) is 4.08. The van der Waals surface area contributed by atoms with Crippen LogP contribution < -0.4 is 0 Å². The lowest BCUT2D eigenvalue weighted by molar-refractivity contribution is 0.752. The molecule has 66 valence electrons. The Labute approximate surface area is 82.5 Å². The van der Waals surface area contributed by atoms with E-state index in [4.69, 9.17) is 0 Å². The fraction of sp³-hybridized carbons (Fsp3) is 0.400. The van der Waals surface area contributed by atoms with Crippen molar-refractivity contribution in [1.82, 2.24) is 0 Å². The van der Waals surface area contributed by atoms with E-state index in [9.17, 15) is 0 Å². The molecule has 0 N–H and O–H groups in total. The summed E-state index contributed by atoms with van der Waals surface area (Å²) in [5.74, 6) is 2.01. The van der Waals surface area contributed by atoms with Crippen molar-refractivity contribution in [3.63, 3.8) is 0 Å². The quantitative estimate of drug-likeness (QED) is 0.669. The molecule has 0 aliphatic carbocycles. The molecule has 1 aromatic rings. The lowest BCUT2D eigenvalue weighted by Gasteiger charge is -2.02. The molecule has 0 spiro atoms. The summed E-state index contributed by atoms with van der Waals surface area (Å²) in [6.45, 7) is 4.50. The van der Waals surface area contributed by atoms with Gasteiger partial charge in [0.1, 0.15) is 0 Å². The van der Waals surface area contributed by atoms with Crippen molar-refractivity contribution in [2.45, 2.75) is 18.7 Å². The third-order valence-corrected chi connectivity index (χ3v) is 4.02. The van der Waals surface area contributed by atoms with E-state index in [1.165, 1.54) is 10.6 Å². The molecule has 0 fully saturated rings. The molecule has 0 bridgehead atoms. The third-order valence-electron chi connectivity index (χ3n) is 1.30. The smallest absolute Gasteiger partial charge is 0.0182 e. The molecule has 2 heteroatoms. The number of hydrogen-bond acceptors (Lipinski definition) is 2. The lowest BCUT2D eigenvalue weighted by atomic mass is 10.3. The maximum atomic E-state index is 2.25. The van der Waals surface area contributed by atoms with Gasteiger partial charge in [0.25, 0.3) is 0 Å². The largest absolute Gasteiger partial charge is 0.0887 e. The van der Waals surface area contributed by atoms with Crippen LogP contribution in [0.2, 0.25) is 0 Å². The predicted molar refractivity (Wildman–Crippen MR) is 59.6 cm³/mol. The number of hydrogen-bond donors (Lipinski definition) is 0. The van der Waals surface area contributed by atoms with E-state index in [2.05, 4.69) is 44.2 Å².